The molecule has 8 nitrogen and oxygen atoms in total. The number of hydrogen-bond donors (Lipinski definition) is 2. The molecule has 25 heavy (non-hydrogen) atoms. The number of ether oxygens (including phenoxy) is 1. The standard InChI is InChI=1S/C17H15N3O5/c21-16(22)15-7-6-14(25-15)10-20-9-13(8-18-20)19-17(23)24-11-12-4-2-1-3-5-12/h1-9H,10-11H2,(H,19,23)(H,21,22). The summed E-state index contributed by atoms with van der Waals surface area (Å²) in [4.78, 5) is 22.6. The van der Waals surface area contributed by atoms with Gasteiger partial charge in [-0.1, -0.05) is 30.3 Å². The van der Waals surface area contributed by atoms with Gasteiger partial charge in [-0.3, -0.25) is 10.00 Å². The summed E-state index contributed by atoms with van der Waals surface area (Å²) in [5.41, 5.74) is 1.35. The average Bonchev–Trinajstić information content (AvgIpc) is 3.24. The van der Waals surface area contributed by atoms with Gasteiger partial charge >= 0.3 is 12.1 Å². The normalized spacial score (nSPS) is 10.4. The Morgan fingerprint density at radius 1 is 1.20 bits per heavy atom. The summed E-state index contributed by atoms with van der Waals surface area (Å²) in [6, 6.07) is 12.3. The molecule has 0 spiro atoms. The molecule has 0 saturated carbocycles. The molecule has 0 radical (unpaired) electrons. The van der Waals surface area contributed by atoms with Gasteiger partial charge in [0, 0.05) is 6.20 Å². The number of nitrogens with zero attached hydrogens (tertiary/aromatic N) is 2. The topological polar surface area (TPSA) is 107 Å². The number of carbonyl (C=O) groups excluding carboxylic acids is 1. The van der Waals surface area contributed by atoms with Crippen molar-refractivity contribution in [1.29, 1.82) is 0 Å². The Bertz CT molecular complexity index is 869. The van der Waals surface area contributed by atoms with E-state index in [2.05, 4.69) is 10.4 Å². The number of furan rings is 1. The number of carboxylic acid groups (broad SMARTS) is 1. The fraction of sp³-hybridized carbons (Fsp3) is 0.118. The Kier molecular flexibility index (Phi) is 4.79. The van der Waals surface area contributed by atoms with E-state index in [0.29, 0.717) is 11.4 Å². The van der Waals surface area contributed by atoms with Crippen LogP contribution in [0.4, 0.5) is 10.5 Å². The van der Waals surface area contributed by atoms with Gasteiger partial charge in [-0.25, -0.2) is 9.59 Å². The minimum atomic E-state index is -1.13. The van der Waals surface area contributed by atoms with Gasteiger partial charge in [-0.2, -0.15) is 5.10 Å². The van der Waals surface area contributed by atoms with Crippen LogP contribution in [-0.4, -0.2) is 26.9 Å². The van der Waals surface area contributed by atoms with E-state index < -0.39 is 12.1 Å². The second kappa shape index (κ2) is 7.35. The Balaban J connectivity index is 1.52. The van der Waals surface area contributed by atoms with Gasteiger partial charge in [0.25, 0.3) is 0 Å². The molecular formula is C17H15N3O5. The second-order valence-corrected chi connectivity index (χ2v) is 5.18. The van der Waals surface area contributed by atoms with Crippen molar-refractivity contribution in [3.05, 3.63) is 71.9 Å². The first-order valence-electron chi connectivity index (χ1n) is 7.42. The van der Waals surface area contributed by atoms with Gasteiger partial charge in [0.2, 0.25) is 5.76 Å². The van der Waals surface area contributed by atoms with E-state index in [1.165, 1.54) is 16.9 Å². The number of anilines is 1. The highest BCUT2D eigenvalue weighted by Gasteiger charge is 2.10. The van der Waals surface area contributed by atoms with E-state index in [1.807, 2.05) is 30.3 Å². The molecule has 2 aromatic heterocycles. The lowest BCUT2D eigenvalue weighted by Crippen LogP contribution is -2.13. The van der Waals surface area contributed by atoms with Crippen molar-refractivity contribution in [1.82, 2.24) is 9.78 Å². The highest BCUT2D eigenvalue weighted by atomic mass is 16.5. The van der Waals surface area contributed by atoms with E-state index in [-0.39, 0.29) is 18.9 Å². The summed E-state index contributed by atoms with van der Waals surface area (Å²) in [5.74, 6) is -0.820. The van der Waals surface area contributed by atoms with Crippen LogP contribution in [0.25, 0.3) is 0 Å². The SMILES string of the molecule is O=C(Nc1cnn(Cc2ccc(C(=O)O)o2)c1)OCc1ccccc1. The van der Waals surface area contributed by atoms with E-state index in [0.717, 1.165) is 5.56 Å². The zero-order valence-corrected chi connectivity index (χ0v) is 13.1. The third-order valence-electron chi connectivity index (χ3n) is 3.28. The number of amides is 1. The van der Waals surface area contributed by atoms with E-state index >= 15 is 0 Å². The first kappa shape index (κ1) is 16.3. The molecular weight excluding hydrogens is 326 g/mol. The van der Waals surface area contributed by atoms with Crippen molar-refractivity contribution in [2.75, 3.05) is 5.32 Å². The van der Waals surface area contributed by atoms with E-state index in [4.69, 9.17) is 14.3 Å². The van der Waals surface area contributed by atoms with Crippen LogP contribution in [0.2, 0.25) is 0 Å². The maximum atomic E-state index is 11.8. The highest BCUT2D eigenvalue weighted by molar-refractivity contribution is 5.84. The first-order valence-corrected chi connectivity index (χ1v) is 7.42. The zero-order valence-electron chi connectivity index (χ0n) is 13.1. The molecule has 1 amide bonds. The Morgan fingerprint density at radius 2 is 2.00 bits per heavy atom. The number of benzene rings is 1. The van der Waals surface area contributed by atoms with Gasteiger partial charge in [-0.15, -0.1) is 0 Å². The van der Waals surface area contributed by atoms with Crippen molar-refractivity contribution < 1.29 is 23.8 Å². The Labute approximate surface area is 142 Å². The molecule has 128 valence electrons. The Hall–Kier alpha value is -3.55. The predicted molar refractivity (Wildman–Crippen MR) is 87.2 cm³/mol. The summed E-state index contributed by atoms with van der Waals surface area (Å²) in [7, 11) is 0. The summed E-state index contributed by atoms with van der Waals surface area (Å²) >= 11 is 0. The molecule has 2 N–H and O–H groups in total. The molecule has 3 rings (SSSR count). The first-order chi connectivity index (χ1) is 12.1. The smallest absolute Gasteiger partial charge is 0.412 e. The molecule has 0 aliphatic carbocycles. The van der Waals surface area contributed by atoms with Crippen LogP contribution in [-0.2, 0) is 17.9 Å². The van der Waals surface area contributed by atoms with Crippen molar-refractivity contribution in [2.45, 2.75) is 13.2 Å². The minimum absolute atomic E-state index is 0.134. The fourth-order valence-electron chi connectivity index (χ4n) is 2.13. The number of nitrogens with one attached hydrogen (secondary N) is 1. The summed E-state index contributed by atoms with van der Waals surface area (Å²) in [6.45, 7) is 0.416. The number of rotatable bonds is 6. The highest BCUT2D eigenvalue weighted by Crippen LogP contribution is 2.12. The van der Waals surface area contributed by atoms with Crippen LogP contribution >= 0.6 is 0 Å². The summed E-state index contributed by atoms with van der Waals surface area (Å²) in [6.07, 6.45) is 2.46. The number of hydrogen-bond acceptors (Lipinski definition) is 5. The lowest BCUT2D eigenvalue weighted by Gasteiger charge is -2.05. The monoisotopic (exact) mass is 341 g/mol. The third-order valence-corrected chi connectivity index (χ3v) is 3.28. The van der Waals surface area contributed by atoms with Crippen LogP contribution in [0.1, 0.15) is 21.9 Å². The molecule has 0 aliphatic heterocycles. The summed E-state index contributed by atoms with van der Waals surface area (Å²) < 4.78 is 11.8. The van der Waals surface area contributed by atoms with Gasteiger partial charge in [-0.05, 0) is 17.7 Å². The van der Waals surface area contributed by atoms with Crippen LogP contribution in [0.3, 0.4) is 0 Å². The fourth-order valence-corrected chi connectivity index (χ4v) is 2.13. The molecule has 0 aliphatic rings. The quantitative estimate of drug-likeness (QED) is 0.714. The van der Waals surface area contributed by atoms with Gasteiger partial charge in [0.1, 0.15) is 12.4 Å². The lowest BCUT2D eigenvalue weighted by atomic mass is 10.2. The molecule has 0 atom stereocenters. The number of aromatic nitrogens is 2. The van der Waals surface area contributed by atoms with Gasteiger partial charge in [0.05, 0.1) is 18.4 Å². The molecule has 8 heteroatoms. The van der Waals surface area contributed by atoms with E-state index in [1.54, 1.807) is 12.3 Å². The molecule has 0 unspecified atom stereocenters. The predicted octanol–water partition coefficient (Wildman–Crippen LogP) is 2.97. The Morgan fingerprint density at radius 3 is 2.72 bits per heavy atom. The third kappa shape index (κ3) is 4.47. The molecule has 3 aromatic rings. The second-order valence-electron chi connectivity index (χ2n) is 5.18. The molecule has 0 saturated heterocycles. The number of carboxylic acids is 1. The van der Waals surface area contributed by atoms with Crippen molar-refractivity contribution in [3.63, 3.8) is 0 Å². The van der Waals surface area contributed by atoms with E-state index in [9.17, 15) is 9.59 Å². The number of aromatic carboxylic acids is 1. The van der Waals surface area contributed by atoms with Gasteiger partial charge < -0.3 is 14.3 Å². The zero-order chi connectivity index (χ0) is 17.6. The van der Waals surface area contributed by atoms with Crippen molar-refractivity contribution in [3.8, 4) is 0 Å². The maximum Gasteiger partial charge on any atom is 0.412 e. The largest absolute Gasteiger partial charge is 0.475 e. The van der Waals surface area contributed by atoms with Crippen LogP contribution in [0.15, 0.2) is 59.3 Å². The maximum absolute atomic E-state index is 11.8. The number of carbonyl (C=O) groups is 2. The van der Waals surface area contributed by atoms with Crippen LogP contribution < -0.4 is 5.32 Å². The average molecular weight is 341 g/mol. The van der Waals surface area contributed by atoms with Crippen LogP contribution in [0.5, 0.6) is 0 Å². The molecule has 0 fully saturated rings. The lowest BCUT2D eigenvalue weighted by molar-refractivity contribution is 0.0660. The van der Waals surface area contributed by atoms with Crippen molar-refractivity contribution in [2.24, 2.45) is 0 Å². The minimum Gasteiger partial charge on any atom is -0.475 e. The van der Waals surface area contributed by atoms with Gasteiger partial charge in [0.15, 0.2) is 0 Å². The molecule has 2 heterocycles. The molecule has 0 bridgehead atoms. The summed E-state index contributed by atoms with van der Waals surface area (Å²) in [5, 5.41) is 15.5. The van der Waals surface area contributed by atoms with Crippen molar-refractivity contribution >= 4 is 17.7 Å². The molecule has 1 aromatic carbocycles. The van der Waals surface area contributed by atoms with Crippen LogP contribution in [0, 0.1) is 0 Å².